The highest BCUT2D eigenvalue weighted by Crippen LogP contribution is 2.40. The molecule has 1 aliphatic carbocycles. The van der Waals surface area contributed by atoms with Crippen molar-refractivity contribution in [3.05, 3.63) is 22.7 Å². The maximum absolute atomic E-state index is 13.0. The molecule has 26 heavy (non-hydrogen) atoms. The molecule has 1 heterocycles. The molecule has 2 aliphatic rings. The van der Waals surface area contributed by atoms with Gasteiger partial charge in [0.05, 0.1) is 17.4 Å². The Kier molecular flexibility index (Phi) is 5.18. The van der Waals surface area contributed by atoms with Gasteiger partial charge in [-0.2, -0.15) is 13.2 Å². The fourth-order valence-corrected chi connectivity index (χ4v) is 3.78. The van der Waals surface area contributed by atoms with Crippen LogP contribution in [0.25, 0.3) is 0 Å². The van der Waals surface area contributed by atoms with Gasteiger partial charge in [0.25, 0.3) is 0 Å². The van der Waals surface area contributed by atoms with E-state index in [9.17, 15) is 22.8 Å². The van der Waals surface area contributed by atoms with Gasteiger partial charge in [0.15, 0.2) is 0 Å². The lowest BCUT2D eigenvalue weighted by Gasteiger charge is -2.41. The van der Waals surface area contributed by atoms with Crippen LogP contribution >= 0.6 is 15.9 Å². The first-order valence-electron chi connectivity index (χ1n) is 8.36. The molecule has 1 atom stereocenters. The second kappa shape index (κ2) is 7.09. The Hall–Kier alpha value is -1.77. The maximum atomic E-state index is 13.0. The lowest BCUT2D eigenvalue weighted by Crippen LogP contribution is -2.55. The summed E-state index contributed by atoms with van der Waals surface area (Å²) in [6, 6.07) is 3.62. The molecule has 9 heteroatoms. The summed E-state index contributed by atoms with van der Waals surface area (Å²) >= 11 is 3.26. The van der Waals surface area contributed by atoms with E-state index < -0.39 is 24.2 Å². The molecule has 142 valence electrons. The van der Waals surface area contributed by atoms with Gasteiger partial charge in [-0.1, -0.05) is 15.9 Å². The molecule has 0 saturated heterocycles. The van der Waals surface area contributed by atoms with E-state index in [0.29, 0.717) is 9.37 Å². The van der Waals surface area contributed by atoms with Crippen LogP contribution in [0.2, 0.25) is 0 Å². The molecule has 0 bridgehead atoms. The molecule has 0 N–H and O–H groups in total. The van der Waals surface area contributed by atoms with Crippen LogP contribution < -0.4 is 9.80 Å². The quantitative estimate of drug-likeness (QED) is 0.647. The van der Waals surface area contributed by atoms with Gasteiger partial charge in [-0.3, -0.25) is 14.6 Å². The van der Waals surface area contributed by atoms with Crippen LogP contribution in [0.4, 0.5) is 29.3 Å². The number of alkyl halides is 3. The topological polar surface area (TPSA) is 49.9 Å². The molecule has 1 fully saturated rings. The standard InChI is InChI=1S/C17H18BrF3N2O3/c1-10-9-22(16(25)26-12-4-2-3-5-12)14-8-11(18)6-7-13(14)23(10)15(24)17(19,20)21/h6-8,10,12H,2-5,9H2,1H3. The third kappa shape index (κ3) is 3.67. The Bertz CT molecular complexity index is 720. The number of hydrogen-bond donors (Lipinski definition) is 0. The van der Waals surface area contributed by atoms with Crippen LogP contribution in [0.5, 0.6) is 0 Å². The van der Waals surface area contributed by atoms with Crippen molar-refractivity contribution in [1.82, 2.24) is 0 Å². The van der Waals surface area contributed by atoms with Crippen LogP contribution in [0.1, 0.15) is 32.6 Å². The highest BCUT2D eigenvalue weighted by molar-refractivity contribution is 9.10. The molecular weight excluding hydrogens is 417 g/mol. The summed E-state index contributed by atoms with van der Waals surface area (Å²) < 4.78 is 45.1. The fourth-order valence-electron chi connectivity index (χ4n) is 3.43. The molecule has 1 aromatic carbocycles. The van der Waals surface area contributed by atoms with Gasteiger partial charge in [0, 0.05) is 11.0 Å². The average molecular weight is 435 g/mol. The molecule has 0 spiro atoms. The smallest absolute Gasteiger partial charge is 0.446 e. The third-order valence-electron chi connectivity index (χ3n) is 4.63. The minimum Gasteiger partial charge on any atom is -0.446 e. The first kappa shape index (κ1) is 19.0. The number of anilines is 2. The summed E-state index contributed by atoms with van der Waals surface area (Å²) in [7, 11) is 0. The van der Waals surface area contributed by atoms with Crippen molar-refractivity contribution in [2.75, 3.05) is 16.3 Å². The van der Waals surface area contributed by atoms with E-state index in [0.717, 1.165) is 25.7 Å². The lowest BCUT2D eigenvalue weighted by molar-refractivity contribution is -0.170. The van der Waals surface area contributed by atoms with Crippen molar-refractivity contribution in [2.45, 2.75) is 50.9 Å². The van der Waals surface area contributed by atoms with E-state index in [2.05, 4.69) is 15.9 Å². The number of carbonyl (C=O) groups is 2. The summed E-state index contributed by atoms with van der Waals surface area (Å²) in [6.45, 7) is 1.40. The zero-order chi connectivity index (χ0) is 19.1. The van der Waals surface area contributed by atoms with Crippen molar-refractivity contribution in [2.24, 2.45) is 0 Å². The molecular formula is C17H18BrF3N2O3. The number of fused-ring (bicyclic) bond motifs is 1. The molecule has 0 aromatic heterocycles. The number of halogens is 4. The first-order valence-corrected chi connectivity index (χ1v) is 9.16. The van der Waals surface area contributed by atoms with Gasteiger partial charge in [0.1, 0.15) is 6.10 Å². The van der Waals surface area contributed by atoms with Crippen molar-refractivity contribution < 1.29 is 27.5 Å². The molecule has 1 unspecified atom stereocenters. The number of hydrogen-bond acceptors (Lipinski definition) is 3. The van der Waals surface area contributed by atoms with Gasteiger partial charge < -0.3 is 4.74 Å². The largest absolute Gasteiger partial charge is 0.471 e. The molecule has 3 rings (SSSR count). The van der Waals surface area contributed by atoms with Crippen LogP contribution in [-0.2, 0) is 9.53 Å². The van der Waals surface area contributed by atoms with Crippen LogP contribution in [0.3, 0.4) is 0 Å². The summed E-state index contributed by atoms with van der Waals surface area (Å²) in [5.74, 6) is -1.95. The number of ether oxygens (including phenoxy) is 1. The highest BCUT2D eigenvalue weighted by atomic mass is 79.9. The predicted molar refractivity (Wildman–Crippen MR) is 93.2 cm³/mol. The highest BCUT2D eigenvalue weighted by Gasteiger charge is 2.47. The summed E-state index contributed by atoms with van der Waals surface area (Å²) in [5.41, 5.74) is 0.260. The van der Waals surface area contributed by atoms with Gasteiger partial charge in [-0.05, 0) is 50.8 Å². The number of amides is 2. The Labute approximate surface area is 157 Å². The molecule has 2 amide bonds. The minimum absolute atomic E-state index is 0.0395. The first-order chi connectivity index (χ1) is 12.2. The molecule has 5 nitrogen and oxygen atoms in total. The Balaban J connectivity index is 1.94. The summed E-state index contributed by atoms with van der Waals surface area (Å²) in [6.07, 6.45) is -2.19. The van der Waals surface area contributed by atoms with Crippen molar-refractivity contribution >= 4 is 39.3 Å². The number of benzene rings is 1. The number of carbonyl (C=O) groups excluding carboxylic acids is 2. The zero-order valence-corrected chi connectivity index (χ0v) is 15.6. The molecule has 1 aliphatic heterocycles. The van der Waals surface area contributed by atoms with Gasteiger partial charge in [0.2, 0.25) is 0 Å². The van der Waals surface area contributed by atoms with Crippen LogP contribution in [-0.4, -0.2) is 36.9 Å². The maximum Gasteiger partial charge on any atom is 0.471 e. The molecule has 1 saturated carbocycles. The normalized spacial score (nSPS) is 20.9. The van der Waals surface area contributed by atoms with Crippen molar-refractivity contribution in [3.63, 3.8) is 0 Å². The average Bonchev–Trinajstić information content (AvgIpc) is 3.06. The number of rotatable bonds is 1. The van der Waals surface area contributed by atoms with Gasteiger partial charge in [-0.15, -0.1) is 0 Å². The van der Waals surface area contributed by atoms with E-state index in [1.807, 2.05) is 0 Å². The summed E-state index contributed by atoms with van der Waals surface area (Å²) in [4.78, 5) is 26.5. The second-order valence-corrected chi connectivity index (χ2v) is 7.47. The van der Waals surface area contributed by atoms with Crippen molar-refractivity contribution in [3.8, 4) is 0 Å². The van der Waals surface area contributed by atoms with Gasteiger partial charge in [-0.25, -0.2) is 4.79 Å². The van der Waals surface area contributed by atoms with E-state index >= 15 is 0 Å². The fraction of sp³-hybridized carbons (Fsp3) is 0.529. The Morgan fingerprint density at radius 3 is 2.46 bits per heavy atom. The second-order valence-electron chi connectivity index (χ2n) is 6.56. The lowest BCUT2D eigenvalue weighted by atomic mass is 10.1. The SMILES string of the molecule is CC1CN(C(=O)OC2CCCC2)c2cc(Br)ccc2N1C(=O)C(F)(F)F. The van der Waals surface area contributed by atoms with Gasteiger partial charge >= 0.3 is 18.2 Å². The van der Waals surface area contributed by atoms with Crippen LogP contribution in [0, 0.1) is 0 Å². The van der Waals surface area contributed by atoms with E-state index in [1.54, 1.807) is 0 Å². The monoisotopic (exact) mass is 434 g/mol. The van der Waals surface area contributed by atoms with Crippen LogP contribution in [0.15, 0.2) is 22.7 Å². The van der Waals surface area contributed by atoms with E-state index in [4.69, 9.17) is 4.74 Å². The molecule has 1 aromatic rings. The van der Waals surface area contributed by atoms with E-state index in [-0.39, 0.29) is 24.0 Å². The van der Waals surface area contributed by atoms with Crippen molar-refractivity contribution in [1.29, 1.82) is 0 Å². The zero-order valence-electron chi connectivity index (χ0n) is 14.1. The van der Waals surface area contributed by atoms with E-state index in [1.165, 1.54) is 30.0 Å². The number of nitrogens with zero attached hydrogens (tertiary/aromatic N) is 2. The Morgan fingerprint density at radius 1 is 1.19 bits per heavy atom. The Morgan fingerprint density at radius 2 is 1.85 bits per heavy atom. The predicted octanol–water partition coefficient (Wildman–Crippen LogP) is 4.63. The summed E-state index contributed by atoms with van der Waals surface area (Å²) in [5, 5.41) is 0. The molecule has 0 radical (unpaired) electrons. The third-order valence-corrected chi connectivity index (χ3v) is 5.12. The minimum atomic E-state index is -4.99.